The molecule has 0 aliphatic heterocycles. The molecule has 11 rings (SSSR count). The number of benzene rings is 8. The minimum absolute atomic E-state index is 0.0355. The van der Waals surface area contributed by atoms with Crippen molar-refractivity contribution < 1.29 is 0 Å². The highest BCUT2D eigenvalue weighted by Crippen LogP contribution is 2.58. The van der Waals surface area contributed by atoms with Crippen molar-refractivity contribution in [2.24, 2.45) is 0 Å². The number of rotatable bonds is 7. The first-order chi connectivity index (χ1) is 30.6. The van der Waals surface area contributed by atoms with Crippen LogP contribution in [0.3, 0.4) is 0 Å². The van der Waals surface area contributed by atoms with E-state index in [1.807, 2.05) is 42.5 Å². The summed E-state index contributed by atoms with van der Waals surface area (Å²) < 4.78 is 0. The van der Waals surface area contributed by atoms with Crippen molar-refractivity contribution in [1.29, 1.82) is 5.26 Å². The van der Waals surface area contributed by atoms with Crippen molar-refractivity contribution in [3.63, 3.8) is 0 Å². The van der Waals surface area contributed by atoms with Crippen molar-refractivity contribution in [1.82, 2.24) is 15.0 Å². The second kappa shape index (κ2) is 15.7. The Bertz CT molecular complexity index is 3120. The molecule has 0 unspecified atom stereocenters. The molecular formula is C58H42N4. The molecule has 294 valence electrons. The van der Waals surface area contributed by atoms with Crippen LogP contribution in [0, 0.1) is 11.3 Å². The molecule has 62 heavy (non-hydrogen) atoms. The molecule has 1 saturated carbocycles. The highest BCUT2D eigenvalue weighted by molar-refractivity contribution is 5.94. The quantitative estimate of drug-likeness (QED) is 0.161. The van der Waals surface area contributed by atoms with E-state index in [1.54, 1.807) is 0 Å². The van der Waals surface area contributed by atoms with Crippen LogP contribution >= 0.6 is 0 Å². The molecule has 0 N–H and O–H groups in total. The van der Waals surface area contributed by atoms with E-state index in [4.69, 9.17) is 15.0 Å². The van der Waals surface area contributed by atoms with Gasteiger partial charge in [-0.15, -0.1) is 0 Å². The minimum atomic E-state index is 0.0355. The van der Waals surface area contributed by atoms with E-state index in [0.29, 0.717) is 17.5 Å². The normalized spacial score (nSPS) is 13.6. The summed E-state index contributed by atoms with van der Waals surface area (Å²) in [5, 5.41) is 9.89. The summed E-state index contributed by atoms with van der Waals surface area (Å²) >= 11 is 0. The van der Waals surface area contributed by atoms with Gasteiger partial charge in [-0.3, -0.25) is 0 Å². The molecule has 9 aromatic rings. The van der Waals surface area contributed by atoms with Gasteiger partial charge in [-0.1, -0.05) is 195 Å². The van der Waals surface area contributed by atoms with Crippen molar-refractivity contribution >= 4 is 0 Å². The predicted molar refractivity (Wildman–Crippen MR) is 252 cm³/mol. The molecular weight excluding hydrogens is 753 g/mol. The van der Waals surface area contributed by atoms with E-state index in [1.165, 1.54) is 69.3 Å². The molecule has 0 saturated heterocycles. The van der Waals surface area contributed by atoms with Gasteiger partial charge in [0.15, 0.2) is 17.5 Å². The van der Waals surface area contributed by atoms with E-state index in [0.717, 1.165) is 51.8 Å². The maximum absolute atomic E-state index is 9.89. The fraction of sp³-hybridized carbons (Fsp3) is 0.103. The number of hydrogen-bond acceptors (Lipinski definition) is 4. The van der Waals surface area contributed by atoms with E-state index < -0.39 is 0 Å². The molecule has 0 radical (unpaired) electrons. The Kier molecular flexibility index (Phi) is 9.44. The van der Waals surface area contributed by atoms with Gasteiger partial charge in [-0.05, 0) is 97.8 Å². The molecule has 2 aliphatic rings. The topological polar surface area (TPSA) is 62.5 Å². The average Bonchev–Trinajstić information content (AvgIpc) is 3.62. The highest BCUT2D eigenvalue weighted by Gasteiger charge is 2.44. The molecule has 0 bridgehead atoms. The summed E-state index contributed by atoms with van der Waals surface area (Å²) in [5.41, 5.74) is 18.3. The molecule has 1 spiro atoms. The summed E-state index contributed by atoms with van der Waals surface area (Å²) in [4.78, 5) is 14.9. The van der Waals surface area contributed by atoms with Gasteiger partial charge in [0.25, 0.3) is 0 Å². The maximum atomic E-state index is 9.89. The van der Waals surface area contributed by atoms with Gasteiger partial charge >= 0.3 is 0 Å². The first-order valence-corrected chi connectivity index (χ1v) is 21.6. The highest BCUT2D eigenvalue weighted by atomic mass is 15.0. The standard InChI is InChI=1S/C58H42N4/c59-38-39-20-33-52-51(36-39)54-50(18-11-19-53(54)58(52)34-8-3-9-35-58)49-17-10-16-48(37-49)44-23-21-42(22-24-44)43-27-31-47(32-28-43)57-61-55(45-14-6-2-7-15-45)60-56(62-57)46-29-25-41(26-30-46)40-12-4-1-5-13-40/h1-2,4-7,10-33,36-37H,3,8-9,34-35H2. The molecule has 1 fully saturated rings. The number of aromatic nitrogens is 3. The van der Waals surface area contributed by atoms with Crippen LogP contribution in [0.25, 0.3) is 89.8 Å². The van der Waals surface area contributed by atoms with E-state index in [9.17, 15) is 5.26 Å². The van der Waals surface area contributed by atoms with Crippen LogP contribution in [0.5, 0.6) is 0 Å². The molecule has 2 aliphatic carbocycles. The average molecular weight is 795 g/mol. The Hall–Kier alpha value is -7.74. The van der Waals surface area contributed by atoms with Crippen molar-refractivity contribution in [2.75, 3.05) is 0 Å². The SMILES string of the molecule is N#Cc1ccc2c(c1)-c1c(-c3cccc(-c4ccc(-c5ccc(-c6nc(-c7ccccc7)nc(-c7ccc(-c8ccccc8)cc7)n6)cc5)cc4)c3)cccc1C21CCCCC1. The van der Waals surface area contributed by atoms with Crippen LogP contribution in [-0.4, -0.2) is 15.0 Å². The van der Waals surface area contributed by atoms with Gasteiger partial charge in [0.1, 0.15) is 0 Å². The van der Waals surface area contributed by atoms with Crippen LogP contribution in [-0.2, 0) is 5.41 Å². The monoisotopic (exact) mass is 794 g/mol. The number of fused-ring (bicyclic) bond motifs is 5. The van der Waals surface area contributed by atoms with Crippen LogP contribution in [0.2, 0.25) is 0 Å². The van der Waals surface area contributed by atoms with Gasteiger partial charge in [-0.2, -0.15) is 5.26 Å². The Morgan fingerprint density at radius 3 is 1.37 bits per heavy atom. The van der Waals surface area contributed by atoms with Crippen LogP contribution in [0.1, 0.15) is 48.8 Å². The lowest BCUT2D eigenvalue weighted by atomic mass is 9.67. The molecule has 0 atom stereocenters. The fourth-order valence-corrected chi connectivity index (χ4v) is 9.88. The first-order valence-electron chi connectivity index (χ1n) is 21.6. The van der Waals surface area contributed by atoms with Gasteiger partial charge in [-0.25, -0.2) is 15.0 Å². The second-order valence-corrected chi connectivity index (χ2v) is 16.6. The Labute approximate surface area is 362 Å². The van der Waals surface area contributed by atoms with E-state index in [-0.39, 0.29) is 5.41 Å². The third-order valence-electron chi connectivity index (χ3n) is 13.0. The van der Waals surface area contributed by atoms with E-state index in [2.05, 4.69) is 158 Å². The molecule has 1 heterocycles. The summed E-state index contributed by atoms with van der Waals surface area (Å²) in [6, 6.07) is 70.8. The van der Waals surface area contributed by atoms with Crippen molar-refractivity contribution in [3.05, 3.63) is 211 Å². The van der Waals surface area contributed by atoms with E-state index >= 15 is 0 Å². The molecule has 4 nitrogen and oxygen atoms in total. The summed E-state index contributed by atoms with van der Waals surface area (Å²) in [6.45, 7) is 0. The third kappa shape index (κ3) is 6.69. The molecule has 8 aromatic carbocycles. The molecule has 0 amide bonds. The first kappa shape index (κ1) is 37.3. The second-order valence-electron chi connectivity index (χ2n) is 16.6. The lowest BCUT2D eigenvalue weighted by Crippen LogP contribution is -2.28. The Balaban J connectivity index is 0.884. The van der Waals surface area contributed by atoms with Crippen LogP contribution in [0.4, 0.5) is 0 Å². The number of nitriles is 1. The zero-order chi connectivity index (χ0) is 41.5. The minimum Gasteiger partial charge on any atom is -0.208 e. The fourth-order valence-electron chi connectivity index (χ4n) is 9.88. The molecule has 1 aromatic heterocycles. The van der Waals surface area contributed by atoms with Crippen molar-refractivity contribution in [2.45, 2.75) is 37.5 Å². The molecule has 4 heteroatoms. The lowest BCUT2D eigenvalue weighted by Gasteiger charge is -2.36. The lowest BCUT2D eigenvalue weighted by molar-refractivity contribution is 0.353. The van der Waals surface area contributed by atoms with Crippen molar-refractivity contribution in [3.8, 4) is 95.9 Å². The predicted octanol–water partition coefficient (Wildman–Crippen LogP) is 14.6. The van der Waals surface area contributed by atoms with Crippen LogP contribution in [0.15, 0.2) is 194 Å². The largest absolute Gasteiger partial charge is 0.208 e. The summed E-state index contributed by atoms with van der Waals surface area (Å²) in [7, 11) is 0. The zero-order valence-corrected chi connectivity index (χ0v) is 34.3. The summed E-state index contributed by atoms with van der Waals surface area (Å²) in [5.74, 6) is 1.92. The van der Waals surface area contributed by atoms with Gasteiger partial charge in [0.05, 0.1) is 11.6 Å². The Morgan fingerprint density at radius 2 is 0.806 bits per heavy atom. The number of hydrogen-bond donors (Lipinski definition) is 0. The van der Waals surface area contributed by atoms with Gasteiger partial charge in [0, 0.05) is 22.1 Å². The third-order valence-corrected chi connectivity index (χ3v) is 13.0. The Morgan fingerprint density at radius 1 is 0.355 bits per heavy atom. The van der Waals surface area contributed by atoms with Crippen LogP contribution < -0.4 is 0 Å². The summed E-state index contributed by atoms with van der Waals surface area (Å²) in [6.07, 6.45) is 6.09. The maximum Gasteiger partial charge on any atom is 0.164 e. The van der Waals surface area contributed by atoms with Gasteiger partial charge in [0.2, 0.25) is 0 Å². The van der Waals surface area contributed by atoms with Gasteiger partial charge < -0.3 is 0 Å². The zero-order valence-electron chi connectivity index (χ0n) is 34.3. The number of nitrogens with zero attached hydrogens (tertiary/aromatic N) is 4. The smallest absolute Gasteiger partial charge is 0.164 e.